The van der Waals surface area contributed by atoms with E-state index in [0.29, 0.717) is 24.5 Å². The van der Waals surface area contributed by atoms with Gasteiger partial charge in [0.05, 0.1) is 19.3 Å². The lowest BCUT2D eigenvalue weighted by Crippen LogP contribution is -2.36. The third-order valence-electron chi connectivity index (χ3n) is 2.63. The molecule has 0 heterocycles. The van der Waals surface area contributed by atoms with Crippen LogP contribution in [0.4, 0.5) is 0 Å². The molecule has 5 nitrogen and oxygen atoms in total. The molecule has 1 aromatic rings. The molecule has 0 fully saturated rings. The standard InChI is InChI=1S/C14H19NO4/c1-4-15(10-13(16)18-3)14(17)11-8-6-7-9-12(11)19-5-2/h6-9H,4-5,10H2,1-3H3. The Labute approximate surface area is 113 Å². The molecule has 1 aromatic carbocycles. The van der Waals surface area contributed by atoms with Crippen LogP contribution in [-0.2, 0) is 9.53 Å². The minimum absolute atomic E-state index is 0.0632. The monoisotopic (exact) mass is 265 g/mol. The van der Waals surface area contributed by atoms with Gasteiger partial charge in [-0.15, -0.1) is 0 Å². The largest absolute Gasteiger partial charge is 0.493 e. The van der Waals surface area contributed by atoms with Gasteiger partial charge in [-0.25, -0.2) is 0 Å². The summed E-state index contributed by atoms with van der Waals surface area (Å²) >= 11 is 0. The molecule has 0 N–H and O–H groups in total. The molecule has 0 unspecified atom stereocenters. The Bertz CT molecular complexity index is 445. The molecule has 0 aromatic heterocycles. The predicted octanol–water partition coefficient (Wildman–Crippen LogP) is 1.72. The molecule has 0 saturated heterocycles. The van der Waals surface area contributed by atoms with Crippen molar-refractivity contribution in [3.63, 3.8) is 0 Å². The lowest BCUT2D eigenvalue weighted by atomic mass is 10.1. The number of ether oxygens (including phenoxy) is 2. The lowest BCUT2D eigenvalue weighted by molar-refractivity contribution is -0.141. The summed E-state index contributed by atoms with van der Waals surface area (Å²) in [6, 6.07) is 7.00. The van der Waals surface area contributed by atoms with E-state index in [-0.39, 0.29) is 12.5 Å². The first-order valence-corrected chi connectivity index (χ1v) is 6.21. The summed E-state index contributed by atoms with van der Waals surface area (Å²) in [5.41, 5.74) is 0.454. The number of amides is 1. The second-order valence-electron chi connectivity index (χ2n) is 3.82. The van der Waals surface area contributed by atoms with Crippen LogP contribution in [0.25, 0.3) is 0 Å². The summed E-state index contributed by atoms with van der Waals surface area (Å²) in [4.78, 5) is 25.1. The third-order valence-corrected chi connectivity index (χ3v) is 2.63. The number of esters is 1. The molecule has 0 saturated carbocycles. The zero-order valence-corrected chi connectivity index (χ0v) is 11.5. The van der Waals surface area contributed by atoms with E-state index in [4.69, 9.17) is 4.74 Å². The molecule has 0 aliphatic heterocycles. The van der Waals surface area contributed by atoms with Crippen molar-refractivity contribution in [2.75, 3.05) is 26.8 Å². The number of carbonyl (C=O) groups is 2. The molecule has 0 bridgehead atoms. The number of carbonyl (C=O) groups excluding carboxylic acids is 2. The fourth-order valence-electron chi connectivity index (χ4n) is 1.64. The molecule has 19 heavy (non-hydrogen) atoms. The van der Waals surface area contributed by atoms with Gasteiger partial charge in [0.25, 0.3) is 5.91 Å². The Hall–Kier alpha value is -2.04. The third kappa shape index (κ3) is 3.98. The second-order valence-corrected chi connectivity index (χ2v) is 3.82. The van der Waals surface area contributed by atoms with Gasteiger partial charge in [-0.3, -0.25) is 9.59 Å². The first-order chi connectivity index (χ1) is 9.13. The van der Waals surface area contributed by atoms with Crippen LogP contribution in [0.2, 0.25) is 0 Å². The highest BCUT2D eigenvalue weighted by atomic mass is 16.5. The lowest BCUT2D eigenvalue weighted by Gasteiger charge is -2.20. The fourth-order valence-corrected chi connectivity index (χ4v) is 1.64. The van der Waals surface area contributed by atoms with E-state index in [1.807, 2.05) is 13.8 Å². The van der Waals surface area contributed by atoms with Crippen LogP contribution in [0, 0.1) is 0 Å². The van der Waals surface area contributed by atoms with E-state index in [2.05, 4.69) is 4.74 Å². The molecule has 0 radical (unpaired) electrons. The molecule has 0 aliphatic rings. The van der Waals surface area contributed by atoms with Crippen LogP contribution in [0.1, 0.15) is 24.2 Å². The number of hydrogen-bond acceptors (Lipinski definition) is 4. The van der Waals surface area contributed by atoms with Gasteiger partial charge in [0, 0.05) is 6.54 Å². The number of benzene rings is 1. The Morgan fingerprint density at radius 3 is 2.47 bits per heavy atom. The van der Waals surface area contributed by atoms with Crippen LogP contribution in [-0.4, -0.2) is 43.6 Å². The molecule has 0 spiro atoms. The van der Waals surface area contributed by atoms with E-state index in [1.165, 1.54) is 12.0 Å². The molecule has 1 amide bonds. The predicted molar refractivity (Wildman–Crippen MR) is 71.2 cm³/mol. The molecule has 1 rings (SSSR count). The van der Waals surface area contributed by atoms with Gasteiger partial charge in [0.1, 0.15) is 12.3 Å². The van der Waals surface area contributed by atoms with Gasteiger partial charge in [0.2, 0.25) is 0 Å². The summed E-state index contributed by atoms with van der Waals surface area (Å²) in [5, 5.41) is 0. The average Bonchev–Trinajstić information content (AvgIpc) is 2.44. The highest BCUT2D eigenvalue weighted by molar-refractivity contribution is 5.98. The van der Waals surface area contributed by atoms with E-state index >= 15 is 0 Å². The van der Waals surface area contributed by atoms with Crippen molar-refractivity contribution in [1.82, 2.24) is 4.90 Å². The Morgan fingerprint density at radius 1 is 1.21 bits per heavy atom. The van der Waals surface area contributed by atoms with Gasteiger partial charge < -0.3 is 14.4 Å². The number of nitrogens with zero attached hydrogens (tertiary/aromatic N) is 1. The van der Waals surface area contributed by atoms with Crippen molar-refractivity contribution in [1.29, 1.82) is 0 Å². The highest BCUT2D eigenvalue weighted by Crippen LogP contribution is 2.19. The topological polar surface area (TPSA) is 55.8 Å². The fraction of sp³-hybridized carbons (Fsp3) is 0.429. The van der Waals surface area contributed by atoms with Crippen molar-refractivity contribution in [2.24, 2.45) is 0 Å². The summed E-state index contributed by atoms with van der Waals surface area (Å²) in [5.74, 6) is -0.153. The molecule has 0 atom stereocenters. The summed E-state index contributed by atoms with van der Waals surface area (Å²) < 4.78 is 10.0. The zero-order valence-electron chi connectivity index (χ0n) is 11.5. The minimum atomic E-state index is -0.441. The maximum Gasteiger partial charge on any atom is 0.325 e. The number of rotatable bonds is 6. The first kappa shape index (κ1) is 15.0. The Balaban J connectivity index is 2.93. The Kier molecular flexibility index (Phi) is 5.85. The number of likely N-dealkylation sites (N-methyl/N-ethyl adjacent to an activating group) is 1. The summed E-state index contributed by atoms with van der Waals surface area (Å²) in [7, 11) is 1.30. The highest BCUT2D eigenvalue weighted by Gasteiger charge is 2.20. The molecule has 104 valence electrons. The van der Waals surface area contributed by atoms with Crippen LogP contribution in [0.3, 0.4) is 0 Å². The molecular formula is C14H19NO4. The molecule has 5 heteroatoms. The van der Waals surface area contributed by atoms with Crippen molar-refractivity contribution < 1.29 is 19.1 Å². The number of methoxy groups -OCH3 is 1. The number of hydrogen-bond donors (Lipinski definition) is 0. The maximum atomic E-state index is 12.4. The molecular weight excluding hydrogens is 246 g/mol. The van der Waals surface area contributed by atoms with Crippen LogP contribution >= 0.6 is 0 Å². The first-order valence-electron chi connectivity index (χ1n) is 6.21. The van der Waals surface area contributed by atoms with Gasteiger partial charge >= 0.3 is 5.97 Å². The van der Waals surface area contributed by atoms with Crippen molar-refractivity contribution in [2.45, 2.75) is 13.8 Å². The maximum absolute atomic E-state index is 12.4. The SMILES string of the molecule is CCOc1ccccc1C(=O)N(CC)CC(=O)OC. The second kappa shape index (κ2) is 7.41. The van der Waals surface area contributed by atoms with Gasteiger partial charge in [-0.05, 0) is 26.0 Å². The smallest absolute Gasteiger partial charge is 0.325 e. The van der Waals surface area contributed by atoms with Crippen molar-refractivity contribution >= 4 is 11.9 Å². The summed E-state index contributed by atoms with van der Waals surface area (Å²) in [6.07, 6.45) is 0. The normalized spacial score (nSPS) is 9.84. The Morgan fingerprint density at radius 2 is 1.89 bits per heavy atom. The van der Waals surface area contributed by atoms with E-state index in [0.717, 1.165) is 0 Å². The van der Waals surface area contributed by atoms with E-state index in [1.54, 1.807) is 24.3 Å². The van der Waals surface area contributed by atoms with Gasteiger partial charge in [-0.1, -0.05) is 12.1 Å². The van der Waals surface area contributed by atoms with E-state index in [9.17, 15) is 9.59 Å². The summed E-state index contributed by atoms with van der Waals surface area (Å²) in [6.45, 7) is 4.51. The van der Waals surface area contributed by atoms with E-state index < -0.39 is 5.97 Å². The quantitative estimate of drug-likeness (QED) is 0.735. The van der Waals surface area contributed by atoms with Crippen molar-refractivity contribution in [3.05, 3.63) is 29.8 Å². The minimum Gasteiger partial charge on any atom is -0.493 e. The number of para-hydroxylation sites is 1. The van der Waals surface area contributed by atoms with Gasteiger partial charge in [0.15, 0.2) is 0 Å². The van der Waals surface area contributed by atoms with Crippen molar-refractivity contribution in [3.8, 4) is 5.75 Å². The van der Waals surface area contributed by atoms with Crippen LogP contribution in [0.15, 0.2) is 24.3 Å². The average molecular weight is 265 g/mol. The van der Waals surface area contributed by atoms with Crippen LogP contribution < -0.4 is 4.74 Å². The van der Waals surface area contributed by atoms with Gasteiger partial charge in [-0.2, -0.15) is 0 Å². The molecule has 0 aliphatic carbocycles. The zero-order chi connectivity index (χ0) is 14.3. The van der Waals surface area contributed by atoms with Crippen LogP contribution in [0.5, 0.6) is 5.75 Å².